The highest BCUT2D eigenvalue weighted by Gasteiger charge is 2.08. The zero-order valence-electron chi connectivity index (χ0n) is 12.6. The van der Waals surface area contributed by atoms with E-state index in [1.54, 1.807) is 18.5 Å². The molecule has 1 aromatic heterocycles. The van der Waals surface area contributed by atoms with Gasteiger partial charge in [0, 0.05) is 32.5 Å². The Labute approximate surface area is 125 Å². The Morgan fingerprint density at radius 3 is 2.62 bits per heavy atom. The van der Waals surface area contributed by atoms with E-state index in [0.29, 0.717) is 5.69 Å². The summed E-state index contributed by atoms with van der Waals surface area (Å²) in [5, 5.41) is 3.26. The predicted octanol–water partition coefficient (Wildman–Crippen LogP) is 3.01. The van der Waals surface area contributed by atoms with Crippen LogP contribution in [0.25, 0.3) is 0 Å². The molecular formula is C17H22FN3. The normalized spacial score (nSPS) is 10.6. The number of benzene rings is 1. The van der Waals surface area contributed by atoms with Crippen molar-refractivity contribution in [2.75, 3.05) is 25.0 Å². The van der Waals surface area contributed by atoms with Crippen molar-refractivity contribution in [3.8, 4) is 0 Å². The molecule has 21 heavy (non-hydrogen) atoms. The highest BCUT2D eigenvalue weighted by molar-refractivity contribution is 5.49. The fourth-order valence-corrected chi connectivity index (χ4v) is 2.20. The summed E-state index contributed by atoms with van der Waals surface area (Å²) >= 11 is 0. The highest BCUT2D eigenvalue weighted by atomic mass is 19.1. The number of halogens is 1. The summed E-state index contributed by atoms with van der Waals surface area (Å²) in [6, 6.07) is 9.28. The van der Waals surface area contributed by atoms with Crippen molar-refractivity contribution in [3.05, 3.63) is 59.7 Å². The van der Waals surface area contributed by atoms with Crippen LogP contribution in [0.2, 0.25) is 0 Å². The minimum absolute atomic E-state index is 0.174. The fourth-order valence-electron chi connectivity index (χ4n) is 2.20. The minimum Gasteiger partial charge on any atom is -0.372 e. The first-order chi connectivity index (χ1) is 10.2. The molecule has 112 valence electrons. The molecule has 0 fully saturated rings. The first-order valence-electron chi connectivity index (χ1n) is 7.30. The molecule has 4 heteroatoms. The second-order valence-electron chi connectivity index (χ2n) is 5.09. The molecule has 0 saturated heterocycles. The van der Waals surface area contributed by atoms with Crippen LogP contribution in [0.4, 0.5) is 10.1 Å². The maximum absolute atomic E-state index is 14.0. The third-order valence-corrected chi connectivity index (χ3v) is 3.49. The number of hydrogen-bond acceptors (Lipinski definition) is 3. The van der Waals surface area contributed by atoms with Crippen LogP contribution in [0, 0.1) is 5.82 Å². The van der Waals surface area contributed by atoms with E-state index in [2.05, 4.69) is 17.2 Å². The molecule has 0 amide bonds. The van der Waals surface area contributed by atoms with Gasteiger partial charge in [-0.1, -0.05) is 13.0 Å². The van der Waals surface area contributed by atoms with Gasteiger partial charge >= 0.3 is 0 Å². The maximum Gasteiger partial charge on any atom is 0.146 e. The van der Waals surface area contributed by atoms with Crippen LogP contribution in [0.5, 0.6) is 0 Å². The predicted molar refractivity (Wildman–Crippen MR) is 85.0 cm³/mol. The second-order valence-corrected chi connectivity index (χ2v) is 5.09. The number of aromatic nitrogens is 1. The van der Waals surface area contributed by atoms with Gasteiger partial charge in [0.1, 0.15) is 5.82 Å². The van der Waals surface area contributed by atoms with Crippen molar-refractivity contribution in [3.63, 3.8) is 0 Å². The molecule has 0 saturated carbocycles. The SMILES string of the molecule is CCNCc1ccc(F)c(N(C)CCc2ccncc2)c1. The average molecular weight is 287 g/mol. The van der Waals surface area contributed by atoms with Crippen LogP contribution in [0.1, 0.15) is 18.1 Å². The molecule has 1 aromatic carbocycles. The number of rotatable bonds is 7. The Morgan fingerprint density at radius 1 is 1.14 bits per heavy atom. The minimum atomic E-state index is -0.174. The zero-order valence-corrected chi connectivity index (χ0v) is 12.6. The summed E-state index contributed by atoms with van der Waals surface area (Å²) in [6.07, 6.45) is 4.44. The zero-order chi connectivity index (χ0) is 15.1. The summed E-state index contributed by atoms with van der Waals surface area (Å²) < 4.78 is 14.0. The standard InChI is InChI=1S/C17H22FN3/c1-3-19-13-15-4-5-16(18)17(12-15)21(2)11-8-14-6-9-20-10-7-14/h4-7,9-10,12,19H,3,8,11,13H2,1-2H3. The summed E-state index contributed by atoms with van der Waals surface area (Å²) in [5.41, 5.74) is 2.96. The number of nitrogens with one attached hydrogen (secondary N) is 1. The molecule has 0 atom stereocenters. The largest absolute Gasteiger partial charge is 0.372 e. The van der Waals surface area contributed by atoms with Crippen molar-refractivity contribution < 1.29 is 4.39 Å². The Hall–Kier alpha value is -1.94. The van der Waals surface area contributed by atoms with Crippen molar-refractivity contribution in [2.45, 2.75) is 19.9 Å². The quantitative estimate of drug-likeness (QED) is 0.848. The van der Waals surface area contributed by atoms with E-state index < -0.39 is 0 Å². The number of nitrogens with zero attached hydrogens (tertiary/aromatic N) is 2. The molecule has 1 N–H and O–H groups in total. The van der Waals surface area contributed by atoms with Gasteiger partial charge in [0.2, 0.25) is 0 Å². The third kappa shape index (κ3) is 4.53. The van der Waals surface area contributed by atoms with E-state index in [-0.39, 0.29) is 5.82 Å². The monoisotopic (exact) mass is 287 g/mol. The van der Waals surface area contributed by atoms with Gasteiger partial charge < -0.3 is 10.2 Å². The molecule has 2 rings (SSSR count). The molecule has 0 aliphatic heterocycles. The number of hydrogen-bond donors (Lipinski definition) is 1. The Bertz CT molecular complexity index is 557. The lowest BCUT2D eigenvalue weighted by Crippen LogP contribution is -2.22. The third-order valence-electron chi connectivity index (χ3n) is 3.49. The lowest BCUT2D eigenvalue weighted by Gasteiger charge is -2.21. The summed E-state index contributed by atoms with van der Waals surface area (Å²) in [6.45, 7) is 4.50. The van der Waals surface area contributed by atoms with Crippen molar-refractivity contribution in [1.29, 1.82) is 0 Å². The van der Waals surface area contributed by atoms with Gasteiger partial charge in [-0.2, -0.15) is 0 Å². The molecule has 3 nitrogen and oxygen atoms in total. The van der Waals surface area contributed by atoms with Crippen LogP contribution in [-0.4, -0.2) is 25.1 Å². The summed E-state index contributed by atoms with van der Waals surface area (Å²) in [5.74, 6) is -0.174. The Balaban J connectivity index is 2.02. The maximum atomic E-state index is 14.0. The molecule has 0 bridgehead atoms. The van der Waals surface area contributed by atoms with Crippen LogP contribution in [-0.2, 0) is 13.0 Å². The van der Waals surface area contributed by atoms with Crippen molar-refractivity contribution >= 4 is 5.69 Å². The molecule has 0 aliphatic rings. The van der Waals surface area contributed by atoms with E-state index in [1.807, 2.05) is 36.2 Å². The summed E-state index contributed by atoms with van der Waals surface area (Å²) in [7, 11) is 1.93. The molecular weight excluding hydrogens is 265 g/mol. The van der Waals surface area contributed by atoms with E-state index in [4.69, 9.17) is 0 Å². The number of pyridine rings is 1. The van der Waals surface area contributed by atoms with Gasteiger partial charge in [0.05, 0.1) is 5.69 Å². The van der Waals surface area contributed by atoms with Crippen molar-refractivity contribution in [1.82, 2.24) is 10.3 Å². The van der Waals surface area contributed by atoms with E-state index in [1.165, 1.54) is 5.56 Å². The van der Waals surface area contributed by atoms with Gasteiger partial charge in [-0.15, -0.1) is 0 Å². The van der Waals surface area contributed by atoms with E-state index in [0.717, 1.165) is 31.6 Å². The lowest BCUT2D eigenvalue weighted by molar-refractivity contribution is 0.620. The van der Waals surface area contributed by atoms with Crippen LogP contribution < -0.4 is 10.2 Å². The highest BCUT2D eigenvalue weighted by Crippen LogP contribution is 2.20. The lowest BCUT2D eigenvalue weighted by atomic mass is 10.1. The van der Waals surface area contributed by atoms with E-state index >= 15 is 0 Å². The average Bonchev–Trinajstić information content (AvgIpc) is 2.53. The van der Waals surface area contributed by atoms with Crippen LogP contribution in [0.15, 0.2) is 42.7 Å². The first kappa shape index (κ1) is 15.4. The van der Waals surface area contributed by atoms with Gasteiger partial charge in [0.25, 0.3) is 0 Å². The fraction of sp³-hybridized carbons (Fsp3) is 0.353. The summed E-state index contributed by atoms with van der Waals surface area (Å²) in [4.78, 5) is 5.97. The Morgan fingerprint density at radius 2 is 1.90 bits per heavy atom. The topological polar surface area (TPSA) is 28.2 Å². The van der Waals surface area contributed by atoms with Gasteiger partial charge in [-0.05, 0) is 48.4 Å². The molecule has 1 heterocycles. The van der Waals surface area contributed by atoms with Crippen LogP contribution >= 0.6 is 0 Å². The number of likely N-dealkylation sites (N-methyl/N-ethyl adjacent to an activating group) is 1. The smallest absolute Gasteiger partial charge is 0.146 e. The number of anilines is 1. The van der Waals surface area contributed by atoms with Gasteiger partial charge in [0.15, 0.2) is 0 Å². The van der Waals surface area contributed by atoms with Gasteiger partial charge in [-0.25, -0.2) is 4.39 Å². The molecule has 0 aliphatic carbocycles. The Kier molecular flexibility index (Phi) is 5.69. The van der Waals surface area contributed by atoms with E-state index in [9.17, 15) is 4.39 Å². The molecule has 0 spiro atoms. The molecule has 0 radical (unpaired) electrons. The second kappa shape index (κ2) is 7.74. The van der Waals surface area contributed by atoms with Crippen LogP contribution in [0.3, 0.4) is 0 Å². The van der Waals surface area contributed by atoms with Crippen molar-refractivity contribution in [2.24, 2.45) is 0 Å². The molecule has 0 unspecified atom stereocenters. The first-order valence-corrected chi connectivity index (χ1v) is 7.30. The van der Waals surface area contributed by atoms with Gasteiger partial charge in [-0.3, -0.25) is 4.98 Å². The molecule has 2 aromatic rings.